The summed E-state index contributed by atoms with van der Waals surface area (Å²) in [5.41, 5.74) is 0.791. The summed E-state index contributed by atoms with van der Waals surface area (Å²) in [7, 11) is 0. The van der Waals surface area contributed by atoms with Gasteiger partial charge in [-0.25, -0.2) is 0 Å². The largest absolute Gasteiger partial charge is 0.464 e. The molecule has 0 bridgehead atoms. The summed E-state index contributed by atoms with van der Waals surface area (Å²) in [5.74, 6) is 2.38. The highest BCUT2D eigenvalue weighted by Crippen LogP contribution is 2.44. The summed E-state index contributed by atoms with van der Waals surface area (Å²) in [4.78, 5) is 10.9. The normalized spacial score (nSPS) is 16.7. The molecule has 2 rings (SSSR count). The molecular weight excluding hydrogens is 188 g/mol. The third kappa shape index (κ3) is 1.85. The van der Waals surface area contributed by atoms with Crippen LogP contribution in [0, 0.1) is 0 Å². The second kappa shape index (κ2) is 3.51. The minimum Gasteiger partial charge on any atom is -0.464 e. The molecule has 1 aliphatic carbocycles. The average Bonchev–Trinajstić information content (AvgIpc) is 2.97. The Morgan fingerprint density at radius 1 is 1.53 bits per heavy atom. The van der Waals surface area contributed by atoms with Crippen molar-refractivity contribution in [2.75, 3.05) is 0 Å². The van der Waals surface area contributed by atoms with Crippen molar-refractivity contribution in [1.29, 1.82) is 0 Å². The molecule has 0 spiro atoms. The van der Waals surface area contributed by atoms with Crippen molar-refractivity contribution in [3.05, 3.63) is 23.2 Å². The predicted molar refractivity (Wildman–Crippen MR) is 59.4 cm³/mol. The van der Waals surface area contributed by atoms with Crippen LogP contribution in [0.15, 0.2) is 10.5 Å². The summed E-state index contributed by atoms with van der Waals surface area (Å²) in [6.07, 6.45) is 4.27. The second-order valence-electron chi connectivity index (χ2n) is 5.06. The Hall–Kier alpha value is -1.05. The van der Waals surface area contributed by atoms with Gasteiger partial charge in [0.25, 0.3) is 0 Å². The fraction of sp³-hybridized carbons (Fsp3) is 0.615. The SMILES string of the molecule is CCC(C)(C)c1cc(C=O)c(C2CC2)o1. The van der Waals surface area contributed by atoms with Crippen LogP contribution in [0.5, 0.6) is 0 Å². The molecule has 82 valence electrons. The van der Waals surface area contributed by atoms with E-state index in [1.807, 2.05) is 6.07 Å². The Bertz CT molecular complexity index is 370. The monoisotopic (exact) mass is 206 g/mol. The van der Waals surface area contributed by atoms with E-state index in [1.165, 1.54) is 12.8 Å². The van der Waals surface area contributed by atoms with E-state index in [9.17, 15) is 4.79 Å². The number of hydrogen-bond donors (Lipinski definition) is 0. The standard InChI is InChI=1S/C13H18O2/c1-4-13(2,3)11-7-10(8-14)12(15-11)9-5-6-9/h7-9H,4-6H2,1-3H3. The molecule has 2 nitrogen and oxygen atoms in total. The number of hydrogen-bond acceptors (Lipinski definition) is 2. The van der Waals surface area contributed by atoms with Crippen LogP contribution in [0.25, 0.3) is 0 Å². The van der Waals surface area contributed by atoms with E-state index in [2.05, 4.69) is 20.8 Å². The zero-order valence-electron chi connectivity index (χ0n) is 9.67. The maximum Gasteiger partial charge on any atom is 0.153 e. The van der Waals surface area contributed by atoms with Gasteiger partial charge in [0.15, 0.2) is 6.29 Å². The van der Waals surface area contributed by atoms with Crippen LogP contribution < -0.4 is 0 Å². The molecule has 1 heterocycles. The van der Waals surface area contributed by atoms with Crippen molar-refractivity contribution < 1.29 is 9.21 Å². The van der Waals surface area contributed by atoms with E-state index in [1.54, 1.807) is 0 Å². The van der Waals surface area contributed by atoms with Crippen molar-refractivity contribution in [2.45, 2.75) is 51.4 Å². The van der Waals surface area contributed by atoms with Crippen LogP contribution in [-0.2, 0) is 5.41 Å². The lowest BCUT2D eigenvalue weighted by atomic mass is 9.87. The van der Waals surface area contributed by atoms with Crippen LogP contribution in [0.4, 0.5) is 0 Å². The lowest BCUT2D eigenvalue weighted by molar-refractivity contribution is 0.112. The Morgan fingerprint density at radius 3 is 2.67 bits per heavy atom. The maximum absolute atomic E-state index is 10.9. The van der Waals surface area contributed by atoms with E-state index in [-0.39, 0.29) is 5.41 Å². The second-order valence-corrected chi connectivity index (χ2v) is 5.06. The van der Waals surface area contributed by atoms with E-state index >= 15 is 0 Å². The molecule has 0 aromatic carbocycles. The maximum atomic E-state index is 10.9. The fourth-order valence-corrected chi connectivity index (χ4v) is 1.68. The Balaban J connectivity index is 2.37. The van der Waals surface area contributed by atoms with Crippen LogP contribution in [0.1, 0.15) is 67.8 Å². The van der Waals surface area contributed by atoms with Crippen molar-refractivity contribution >= 4 is 6.29 Å². The van der Waals surface area contributed by atoms with E-state index in [0.29, 0.717) is 5.92 Å². The molecule has 0 amide bonds. The van der Waals surface area contributed by atoms with Gasteiger partial charge in [-0.15, -0.1) is 0 Å². The van der Waals surface area contributed by atoms with Crippen molar-refractivity contribution in [2.24, 2.45) is 0 Å². The predicted octanol–water partition coefficient (Wildman–Crippen LogP) is 3.66. The molecule has 0 atom stereocenters. The van der Waals surface area contributed by atoms with Gasteiger partial charge in [-0.1, -0.05) is 20.8 Å². The molecule has 1 saturated carbocycles. The first-order valence-electron chi connectivity index (χ1n) is 5.68. The van der Waals surface area contributed by atoms with Gasteiger partial charge >= 0.3 is 0 Å². The van der Waals surface area contributed by atoms with E-state index in [0.717, 1.165) is 29.8 Å². The average molecular weight is 206 g/mol. The third-order valence-electron chi connectivity index (χ3n) is 3.42. The first-order valence-corrected chi connectivity index (χ1v) is 5.68. The van der Waals surface area contributed by atoms with E-state index < -0.39 is 0 Å². The lowest BCUT2D eigenvalue weighted by Crippen LogP contribution is -2.14. The highest BCUT2D eigenvalue weighted by atomic mass is 16.3. The minimum atomic E-state index is 0.0326. The number of furan rings is 1. The summed E-state index contributed by atoms with van der Waals surface area (Å²) >= 11 is 0. The number of carbonyl (C=O) groups is 1. The summed E-state index contributed by atoms with van der Waals surface area (Å²) < 4.78 is 5.85. The molecule has 0 radical (unpaired) electrons. The zero-order valence-corrected chi connectivity index (χ0v) is 9.67. The highest BCUT2D eigenvalue weighted by Gasteiger charge is 2.32. The lowest BCUT2D eigenvalue weighted by Gasteiger charge is -2.19. The molecule has 1 aromatic heterocycles. The number of aldehydes is 1. The minimum absolute atomic E-state index is 0.0326. The first kappa shape index (κ1) is 10.5. The molecule has 0 aliphatic heterocycles. The van der Waals surface area contributed by atoms with Crippen molar-refractivity contribution in [1.82, 2.24) is 0 Å². The smallest absolute Gasteiger partial charge is 0.153 e. The van der Waals surface area contributed by atoms with Crippen molar-refractivity contribution in [3.63, 3.8) is 0 Å². The molecule has 1 fully saturated rings. The Labute approximate surface area is 90.7 Å². The molecule has 2 heteroatoms. The van der Waals surface area contributed by atoms with Gasteiger partial charge in [0.2, 0.25) is 0 Å². The van der Waals surface area contributed by atoms with Crippen LogP contribution in [0.2, 0.25) is 0 Å². The van der Waals surface area contributed by atoms with Gasteiger partial charge in [0.1, 0.15) is 11.5 Å². The van der Waals surface area contributed by atoms with Gasteiger partial charge < -0.3 is 4.42 Å². The first-order chi connectivity index (χ1) is 7.08. The number of rotatable bonds is 4. The molecule has 0 N–H and O–H groups in total. The van der Waals surface area contributed by atoms with Gasteiger partial charge in [-0.3, -0.25) is 4.79 Å². The van der Waals surface area contributed by atoms with Gasteiger partial charge in [0.05, 0.1) is 5.56 Å². The fourth-order valence-electron chi connectivity index (χ4n) is 1.68. The van der Waals surface area contributed by atoms with Crippen LogP contribution >= 0.6 is 0 Å². The van der Waals surface area contributed by atoms with Crippen molar-refractivity contribution in [3.8, 4) is 0 Å². The Kier molecular flexibility index (Phi) is 2.45. The summed E-state index contributed by atoms with van der Waals surface area (Å²) in [5, 5.41) is 0. The van der Waals surface area contributed by atoms with Gasteiger partial charge in [-0.2, -0.15) is 0 Å². The molecule has 1 aliphatic rings. The van der Waals surface area contributed by atoms with Gasteiger partial charge in [-0.05, 0) is 25.3 Å². The zero-order chi connectivity index (χ0) is 11.1. The quantitative estimate of drug-likeness (QED) is 0.704. The summed E-state index contributed by atoms with van der Waals surface area (Å²) in [6.45, 7) is 6.44. The highest BCUT2D eigenvalue weighted by molar-refractivity contribution is 5.77. The molecule has 1 aromatic rings. The number of carbonyl (C=O) groups excluding carboxylic acids is 1. The topological polar surface area (TPSA) is 30.2 Å². The van der Waals surface area contributed by atoms with E-state index in [4.69, 9.17) is 4.42 Å². The molecule has 0 unspecified atom stereocenters. The van der Waals surface area contributed by atoms with Crippen LogP contribution in [0.3, 0.4) is 0 Å². The summed E-state index contributed by atoms with van der Waals surface area (Å²) in [6, 6.07) is 1.92. The third-order valence-corrected chi connectivity index (χ3v) is 3.42. The molecular formula is C13H18O2. The van der Waals surface area contributed by atoms with Crippen LogP contribution in [-0.4, -0.2) is 6.29 Å². The Morgan fingerprint density at radius 2 is 2.20 bits per heavy atom. The van der Waals surface area contributed by atoms with Gasteiger partial charge in [0, 0.05) is 11.3 Å². The molecule has 15 heavy (non-hydrogen) atoms. The molecule has 0 saturated heterocycles.